The zero-order chi connectivity index (χ0) is 11.3. The van der Waals surface area contributed by atoms with Crippen molar-refractivity contribution in [3.05, 3.63) is 0 Å². The molecule has 1 rings (SSSR count). The van der Waals surface area contributed by atoms with Gasteiger partial charge in [0.25, 0.3) is 0 Å². The van der Waals surface area contributed by atoms with Crippen LogP contribution < -0.4 is 10.0 Å². The van der Waals surface area contributed by atoms with E-state index in [9.17, 15) is 8.42 Å². The summed E-state index contributed by atoms with van der Waals surface area (Å²) in [6.45, 7) is 4.29. The zero-order valence-corrected chi connectivity index (χ0v) is 9.97. The Hall–Kier alpha value is -0.820. The largest absolute Gasteiger partial charge is 0.355 e. The van der Waals surface area contributed by atoms with Crippen LogP contribution in [0.15, 0.2) is 4.99 Å². The molecule has 0 aromatic heterocycles. The highest BCUT2D eigenvalue weighted by Gasteiger charge is 2.11. The fourth-order valence-corrected chi connectivity index (χ4v) is 1.82. The number of likely N-dealkylation sites (N-methyl/N-ethyl adjacent to an activating group) is 1. The third-order valence-corrected chi connectivity index (χ3v) is 3.57. The Morgan fingerprint density at radius 3 is 2.73 bits per heavy atom. The van der Waals surface area contributed by atoms with Crippen molar-refractivity contribution in [3.8, 4) is 0 Å². The first-order chi connectivity index (χ1) is 7.05. The molecular formula is C8H18N4O2S. The number of hydrogen-bond donors (Lipinski definition) is 2. The van der Waals surface area contributed by atoms with Crippen LogP contribution >= 0.6 is 0 Å². The fourth-order valence-electron chi connectivity index (χ4n) is 1.21. The molecule has 0 aliphatic carbocycles. The molecule has 2 N–H and O–H groups in total. The number of nitrogens with one attached hydrogen (secondary N) is 2. The van der Waals surface area contributed by atoms with Crippen LogP contribution in [-0.2, 0) is 10.0 Å². The van der Waals surface area contributed by atoms with Gasteiger partial charge in [-0.05, 0) is 6.92 Å². The average molecular weight is 234 g/mol. The maximum absolute atomic E-state index is 11.1. The van der Waals surface area contributed by atoms with Crippen molar-refractivity contribution in [2.24, 2.45) is 4.99 Å². The maximum atomic E-state index is 11.1. The van der Waals surface area contributed by atoms with Gasteiger partial charge in [0.05, 0.1) is 12.3 Å². The van der Waals surface area contributed by atoms with E-state index in [1.165, 1.54) is 0 Å². The SMILES string of the molecule is CCS(=O)(=O)NCCNC1=NCCN1C. The van der Waals surface area contributed by atoms with Gasteiger partial charge < -0.3 is 10.2 Å². The fraction of sp³-hybridized carbons (Fsp3) is 0.875. The van der Waals surface area contributed by atoms with Crippen molar-refractivity contribution in [3.63, 3.8) is 0 Å². The minimum Gasteiger partial charge on any atom is -0.355 e. The van der Waals surface area contributed by atoms with Crippen molar-refractivity contribution >= 4 is 16.0 Å². The molecule has 0 fully saturated rings. The quantitative estimate of drug-likeness (QED) is 0.587. The van der Waals surface area contributed by atoms with E-state index in [0.29, 0.717) is 13.1 Å². The summed E-state index contributed by atoms with van der Waals surface area (Å²) in [4.78, 5) is 6.23. The predicted octanol–water partition coefficient (Wildman–Crippen LogP) is -1.18. The van der Waals surface area contributed by atoms with E-state index in [-0.39, 0.29) is 5.75 Å². The summed E-state index contributed by atoms with van der Waals surface area (Å²) in [7, 11) is -1.12. The summed E-state index contributed by atoms with van der Waals surface area (Å²) in [5, 5.41) is 3.08. The van der Waals surface area contributed by atoms with Crippen LogP contribution in [-0.4, -0.2) is 58.3 Å². The molecule has 0 aromatic carbocycles. The summed E-state index contributed by atoms with van der Waals surface area (Å²) in [5.74, 6) is 0.958. The van der Waals surface area contributed by atoms with Gasteiger partial charge in [-0.15, -0.1) is 0 Å². The summed E-state index contributed by atoms with van der Waals surface area (Å²) < 4.78 is 24.6. The smallest absolute Gasteiger partial charge is 0.211 e. The maximum Gasteiger partial charge on any atom is 0.211 e. The first-order valence-electron chi connectivity index (χ1n) is 5.02. The second kappa shape index (κ2) is 5.32. The van der Waals surface area contributed by atoms with E-state index < -0.39 is 10.0 Å². The minimum atomic E-state index is -3.07. The third-order valence-electron chi connectivity index (χ3n) is 2.17. The van der Waals surface area contributed by atoms with Crippen LogP contribution in [0.3, 0.4) is 0 Å². The number of hydrogen-bond acceptors (Lipinski definition) is 5. The molecule has 6 nitrogen and oxygen atoms in total. The molecule has 0 radical (unpaired) electrons. The molecule has 88 valence electrons. The molecule has 0 saturated carbocycles. The molecule has 15 heavy (non-hydrogen) atoms. The van der Waals surface area contributed by atoms with Crippen LogP contribution in [0.25, 0.3) is 0 Å². The van der Waals surface area contributed by atoms with Gasteiger partial charge in [0.15, 0.2) is 5.96 Å². The number of guanidine groups is 1. The van der Waals surface area contributed by atoms with Gasteiger partial charge in [0, 0.05) is 26.7 Å². The van der Waals surface area contributed by atoms with Gasteiger partial charge in [-0.25, -0.2) is 13.1 Å². The van der Waals surface area contributed by atoms with Crippen LogP contribution in [0.1, 0.15) is 6.92 Å². The molecule has 1 aliphatic rings. The van der Waals surface area contributed by atoms with Crippen LogP contribution in [0.2, 0.25) is 0 Å². The topological polar surface area (TPSA) is 73.8 Å². The average Bonchev–Trinajstić information content (AvgIpc) is 2.59. The zero-order valence-electron chi connectivity index (χ0n) is 9.15. The highest BCUT2D eigenvalue weighted by atomic mass is 32.2. The van der Waals surface area contributed by atoms with Crippen molar-refractivity contribution in [1.82, 2.24) is 14.9 Å². The predicted molar refractivity (Wildman–Crippen MR) is 60.4 cm³/mol. The monoisotopic (exact) mass is 234 g/mol. The Bertz CT molecular complexity index is 326. The Labute approximate surface area is 90.8 Å². The highest BCUT2D eigenvalue weighted by molar-refractivity contribution is 7.89. The lowest BCUT2D eigenvalue weighted by molar-refractivity contribution is 0.533. The molecule has 1 aliphatic heterocycles. The number of nitrogens with zero attached hydrogens (tertiary/aromatic N) is 2. The lowest BCUT2D eigenvalue weighted by Crippen LogP contribution is -2.40. The molecule has 1 heterocycles. The van der Waals surface area contributed by atoms with Crippen molar-refractivity contribution in [2.45, 2.75) is 6.92 Å². The molecule has 0 atom stereocenters. The molecule has 0 spiro atoms. The van der Waals surface area contributed by atoms with Crippen molar-refractivity contribution < 1.29 is 8.42 Å². The van der Waals surface area contributed by atoms with Crippen LogP contribution in [0.4, 0.5) is 0 Å². The van der Waals surface area contributed by atoms with E-state index in [4.69, 9.17) is 0 Å². The molecule has 0 aromatic rings. The Morgan fingerprint density at radius 2 is 2.20 bits per heavy atom. The Kier molecular flexibility index (Phi) is 4.34. The van der Waals surface area contributed by atoms with Gasteiger partial charge in [-0.3, -0.25) is 4.99 Å². The highest BCUT2D eigenvalue weighted by Crippen LogP contribution is 1.93. The molecular weight excluding hydrogens is 216 g/mol. The first kappa shape index (κ1) is 12.3. The molecule has 0 unspecified atom stereocenters. The van der Waals surface area contributed by atoms with Gasteiger partial charge in [0.2, 0.25) is 10.0 Å². The number of sulfonamides is 1. The van der Waals surface area contributed by atoms with E-state index >= 15 is 0 Å². The second-order valence-electron chi connectivity index (χ2n) is 3.35. The molecule has 0 bridgehead atoms. The third kappa shape index (κ3) is 4.05. The van der Waals surface area contributed by atoms with Gasteiger partial charge in [-0.1, -0.05) is 0 Å². The van der Waals surface area contributed by atoms with E-state index in [0.717, 1.165) is 19.0 Å². The van der Waals surface area contributed by atoms with E-state index in [1.807, 2.05) is 11.9 Å². The summed E-state index contributed by atoms with van der Waals surface area (Å²) in [6.07, 6.45) is 0. The Balaban J connectivity index is 2.17. The van der Waals surface area contributed by atoms with Crippen molar-refractivity contribution in [2.75, 3.05) is 39.0 Å². The minimum absolute atomic E-state index is 0.119. The normalized spacial score (nSPS) is 16.7. The van der Waals surface area contributed by atoms with E-state index in [2.05, 4.69) is 15.0 Å². The standard InChI is InChI=1S/C8H18N4O2S/c1-3-15(13,14)11-5-4-9-8-10-6-7-12(8)2/h11H,3-7H2,1-2H3,(H,9,10). The van der Waals surface area contributed by atoms with Gasteiger partial charge in [-0.2, -0.15) is 0 Å². The van der Waals surface area contributed by atoms with E-state index in [1.54, 1.807) is 6.92 Å². The summed E-state index contributed by atoms with van der Waals surface area (Å²) in [5.41, 5.74) is 0. The first-order valence-corrected chi connectivity index (χ1v) is 6.67. The lowest BCUT2D eigenvalue weighted by atomic mass is 10.6. The molecule has 0 amide bonds. The van der Waals surface area contributed by atoms with Gasteiger partial charge >= 0.3 is 0 Å². The van der Waals surface area contributed by atoms with Crippen LogP contribution in [0.5, 0.6) is 0 Å². The summed E-state index contributed by atoms with van der Waals surface area (Å²) >= 11 is 0. The van der Waals surface area contributed by atoms with Gasteiger partial charge in [0.1, 0.15) is 0 Å². The lowest BCUT2D eigenvalue weighted by Gasteiger charge is -2.15. The molecule has 7 heteroatoms. The number of rotatable bonds is 5. The molecule has 0 saturated heterocycles. The van der Waals surface area contributed by atoms with Crippen molar-refractivity contribution in [1.29, 1.82) is 0 Å². The second-order valence-corrected chi connectivity index (χ2v) is 5.45. The summed E-state index contributed by atoms with van der Waals surface area (Å²) in [6, 6.07) is 0. The van der Waals surface area contributed by atoms with Crippen LogP contribution in [0, 0.1) is 0 Å². The number of aliphatic imine (C=N–C) groups is 1. The Morgan fingerprint density at radius 1 is 1.47 bits per heavy atom.